The molecule has 1 N–H and O–H groups in total. The van der Waals surface area contributed by atoms with Crippen LogP contribution in [0.15, 0.2) is 27.6 Å². The van der Waals surface area contributed by atoms with E-state index in [0.29, 0.717) is 23.7 Å². The van der Waals surface area contributed by atoms with Crippen LogP contribution in [0.2, 0.25) is 0 Å². The molecule has 1 aliphatic carbocycles. The number of sulfonamides is 1. The van der Waals surface area contributed by atoms with E-state index in [1.165, 1.54) is 9.87 Å². The Balaban J connectivity index is 1.67. The molecule has 1 fully saturated rings. The summed E-state index contributed by atoms with van der Waals surface area (Å²) in [6.07, 6.45) is 4.44. The largest absolute Gasteiger partial charge is 0.387 e. The van der Waals surface area contributed by atoms with Crippen molar-refractivity contribution >= 4 is 10.0 Å². The van der Waals surface area contributed by atoms with Crippen molar-refractivity contribution in [2.45, 2.75) is 49.6 Å². The Morgan fingerprint density at radius 1 is 1.25 bits per heavy atom. The number of hydrogen-bond donors (Lipinski definition) is 1. The zero-order chi connectivity index (χ0) is 16.7. The van der Waals surface area contributed by atoms with Crippen LogP contribution in [0.5, 0.6) is 0 Å². The number of fused-ring (bicyclic) bond motifs is 1. The van der Waals surface area contributed by atoms with Crippen molar-refractivity contribution in [2.24, 2.45) is 0 Å². The lowest BCUT2D eigenvalue weighted by Gasteiger charge is -2.22. The van der Waals surface area contributed by atoms with Crippen LogP contribution in [-0.4, -0.2) is 34.5 Å². The van der Waals surface area contributed by atoms with Gasteiger partial charge < -0.3 is 9.63 Å². The van der Waals surface area contributed by atoms with Gasteiger partial charge in [0.1, 0.15) is 6.61 Å². The fourth-order valence-electron chi connectivity index (χ4n) is 3.60. The average Bonchev–Trinajstić information content (AvgIpc) is 3.31. The maximum atomic E-state index is 13.1. The minimum absolute atomic E-state index is 0.103. The van der Waals surface area contributed by atoms with E-state index in [0.717, 1.165) is 31.2 Å². The lowest BCUT2D eigenvalue weighted by atomic mass is 10.1. The van der Waals surface area contributed by atoms with Gasteiger partial charge in [0.15, 0.2) is 5.82 Å². The molecule has 0 bridgehead atoms. The zero-order valence-corrected chi connectivity index (χ0v) is 14.0. The maximum Gasteiger partial charge on any atom is 0.252 e. The molecule has 0 spiro atoms. The summed E-state index contributed by atoms with van der Waals surface area (Å²) in [5, 5.41) is 12.9. The molecule has 0 saturated carbocycles. The first kappa shape index (κ1) is 15.7. The number of aliphatic hydroxyl groups is 1. The van der Waals surface area contributed by atoms with Crippen molar-refractivity contribution in [3.05, 3.63) is 41.0 Å². The first-order valence-electron chi connectivity index (χ1n) is 8.16. The van der Waals surface area contributed by atoms with Crippen molar-refractivity contribution in [3.8, 4) is 0 Å². The number of aliphatic hydroxyl groups excluding tert-OH is 1. The van der Waals surface area contributed by atoms with E-state index < -0.39 is 16.1 Å². The van der Waals surface area contributed by atoms with Crippen molar-refractivity contribution in [1.82, 2.24) is 14.4 Å². The highest BCUT2D eigenvalue weighted by Gasteiger charge is 2.39. The van der Waals surface area contributed by atoms with Gasteiger partial charge in [-0.1, -0.05) is 11.2 Å². The first-order valence-corrected chi connectivity index (χ1v) is 9.60. The molecule has 24 heavy (non-hydrogen) atoms. The fourth-order valence-corrected chi connectivity index (χ4v) is 5.30. The highest BCUT2D eigenvalue weighted by Crippen LogP contribution is 2.36. The first-order chi connectivity index (χ1) is 11.6. The van der Waals surface area contributed by atoms with E-state index in [-0.39, 0.29) is 12.5 Å². The molecule has 1 unspecified atom stereocenters. The van der Waals surface area contributed by atoms with Gasteiger partial charge in [0.05, 0.1) is 10.9 Å². The Kier molecular flexibility index (Phi) is 3.90. The topological polar surface area (TPSA) is 96.5 Å². The van der Waals surface area contributed by atoms with Gasteiger partial charge in [-0.25, -0.2) is 8.42 Å². The lowest BCUT2D eigenvalue weighted by molar-refractivity contribution is 0.222. The van der Waals surface area contributed by atoms with Gasteiger partial charge in [0.2, 0.25) is 10.0 Å². The molecule has 2 heterocycles. The molecule has 2 aromatic rings. The number of aryl methyl sites for hydroxylation is 2. The molecule has 1 saturated heterocycles. The second kappa shape index (κ2) is 5.94. The summed E-state index contributed by atoms with van der Waals surface area (Å²) in [4.78, 5) is 4.43. The SMILES string of the molecule is O=S(=O)(c1ccc2c(c1)CCC2)N1CCCC1c1noc(CO)n1. The number of nitrogens with zero attached hydrogens (tertiary/aromatic N) is 3. The summed E-state index contributed by atoms with van der Waals surface area (Å²) in [5.41, 5.74) is 2.38. The third-order valence-corrected chi connectivity index (χ3v) is 6.70. The Morgan fingerprint density at radius 3 is 2.88 bits per heavy atom. The Hall–Kier alpha value is -1.77. The van der Waals surface area contributed by atoms with Crippen molar-refractivity contribution in [3.63, 3.8) is 0 Å². The van der Waals surface area contributed by atoms with Crippen LogP contribution in [0.1, 0.15) is 48.1 Å². The number of benzene rings is 1. The summed E-state index contributed by atoms with van der Waals surface area (Å²) in [7, 11) is -3.61. The summed E-state index contributed by atoms with van der Waals surface area (Å²) in [6.45, 7) is 0.0877. The van der Waals surface area contributed by atoms with Gasteiger partial charge in [0, 0.05) is 6.54 Å². The van der Waals surface area contributed by atoms with Crippen LogP contribution in [0, 0.1) is 0 Å². The van der Waals surface area contributed by atoms with Gasteiger partial charge in [0.25, 0.3) is 5.89 Å². The van der Waals surface area contributed by atoms with E-state index in [9.17, 15) is 8.42 Å². The smallest absolute Gasteiger partial charge is 0.252 e. The van der Waals surface area contributed by atoms with Crippen molar-refractivity contribution in [1.29, 1.82) is 0 Å². The monoisotopic (exact) mass is 349 g/mol. The number of aromatic nitrogens is 2. The molecule has 0 amide bonds. The fraction of sp³-hybridized carbons (Fsp3) is 0.500. The zero-order valence-electron chi connectivity index (χ0n) is 13.2. The second-order valence-electron chi connectivity index (χ2n) is 6.26. The number of rotatable bonds is 4. The second-order valence-corrected chi connectivity index (χ2v) is 8.15. The standard InChI is InChI=1S/C16H19N3O4S/c20-10-15-17-16(18-23-15)14-5-2-8-19(14)24(21,22)13-7-6-11-3-1-4-12(11)9-13/h6-7,9,14,20H,1-5,8,10H2. The van der Waals surface area contributed by atoms with Gasteiger partial charge >= 0.3 is 0 Å². The maximum absolute atomic E-state index is 13.1. The van der Waals surface area contributed by atoms with Crippen molar-refractivity contribution in [2.75, 3.05) is 6.54 Å². The van der Waals surface area contributed by atoms with Crippen LogP contribution in [-0.2, 0) is 29.5 Å². The van der Waals surface area contributed by atoms with Crippen LogP contribution in [0.4, 0.5) is 0 Å². The Morgan fingerprint density at radius 2 is 2.08 bits per heavy atom. The van der Waals surface area contributed by atoms with Crippen LogP contribution < -0.4 is 0 Å². The van der Waals surface area contributed by atoms with E-state index in [2.05, 4.69) is 10.1 Å². The van der Waals surface area contributed by atoms with Crippen LogP contribution in [0.3, 0.4) is 0 Å². The average molecular weight is 349 g/mol. The Bertz CT molecular complexity index is 862. The van der Waals surface area contributed by atoms with Crippen LogP contribution >= 0.6 is 0 Å². The molecule has 1 aliphatic heterocycles. The minimum atomic E-state index is -3.61. The normalized spacial score (nSPS) is 21.3. The highest BCUT2D eigenvalue weighted by molar-refractivity contribution is 7.89. The molecule has 1 atom stereocenters. The summed E-state index contributed by atoms with van der Waals surface area (Å²) in [5.74, 6) is 0.424. The molecule has 1 aromatic heterocycles. The molecule has 1 aromatic carbocycles. The highest BCUT2D eigenvalue weighted by atomic mass is 32.2. The third-order valence-electron chi connectivity index (χ3n) is 4.80. The molecule has 128 valence electrons. The molecule has 0 radical (unpaired) electrons. The van der Waals surface area contributed by atoms with E-state index in [1.54, 1.807) is 6.07 Å². The van der Waals surface area contributed by atoms with E-state index in [4.69, 9.17) is 9.63 Å². The summed E-state index contributed by atoms with van der Waals surface area (Å²) >= 11 is 0. The van der Waals surface area contributed by atoms with Gasteiger partial charge in [-0.15, -0.1) is 0 Å². The predicted octanol–water partition coefficient (Wildman–Crippen LogP) is 1.58. The summed E-state index contributed by atoms with van der Waals surface area (Å²) < 4.78 is 32.5. The van der Waals surface area contributed by atoms with Gasteiger partial charge in [-0.2, -0.15) is 9.29 Å². The van der Waals surface area contributed by atoms with E-state index in [1.807, 2.05) is 12.1 Å². The Labute approximate surface area is 140 Å². The molecule has 7 nitrogen and oxygen atoms in total. The quantitative estimate of drug-likeness (QED) is 0.900. The molecule has 4 rings (SSSR count). The van der Waals surface area contributed by atoms with Gasteiger partial charge in [-0.05, 0) is 55.4 Å². The van der Waals surface area contributed by atoms with Crippen molar-refractivity contribution < 1.29 is 18.0 Å². The molecule has 8 heteroatoms. The lowest BCUT2D eigenvalue weighted by Crippen LogP contribution is -2.31. The van der Waals surface area contributed by atoms with Crippen LogP contribution in [0.25, 0.3) is 0 Å². The number of hydrogen-bond acceptors (Lipinski definition) is 6. The third kappa shape index (κ3) is 2.54. The molecule has 2 aliphatic rings. The summed E-state index contributed by atoms with van der Waals surface area (Å²) in [6, 6.07) is 5.00. The van der Waals surface area contributed by atoms with E-state index >= 15 is 0 Å². The minimum Gasteiger partial charge on any atom is -0.387 e. The molecular weight excluding hydrogens is 330 g/mol. The molecular formula is C16H19N3O4S. The predicted molar refractivity (Wildman–Crippen MR) is 84.6 cm³/mol. The van der Waals surface area contributed by atoms with Gasteiger partial charge in [-0.3, -0.25) is 0 Å².